The number of urea groups is 1. The van der Waals surface area contributed by atoms with E-state index in [0.717, 1.165) is 37.2 Å². The third kappa shape index (κ3) is 3.50. The van der Waals surface area contributed by atoms with E-state index in [-0.39, 0.29) is 11.9 Å². The van der Waals surface area contributed by atoms with Gasteiger partial charge in [-0.15, -0.1) is 0 Å². The van der Waals surface area contributed by atoms with E-state index < -0.39 is 0 Å². The molecular weight excluding hydrogens is 254 g/mol. The summed E-state index contributed by atoms with van der Waals surface area (Å²) in [5.41, 5.74) is 1.57. The van der Waals surface area contributed by atoms with Gasteiger partial charge < -0.3 is 15.1 Å². The second-order valence-electron chi connectivity index (χ2n) is 5.25. The van der Waals surface area contributed by atoms with E-state index >= 15 is 0 Å². The topological polar surface area (TPSA) is 52.7 Å². The number of likely N-dealkylation sites (tertiary alicyclic amines) is 1. The van der Waals surface area contributed by atoms with Crippen LogP contribution < -0.4 is 5.32 Å². The van der Waals surface area contributed by atoms with Crippen molar-refractivity contribution >= 4 is 17.6 Å². The molecule has 0 bridgehead atoms. The van der Waals surface area contributed by atoms with Crippen molar-refractivity contribution in [2.75, 3.05) is 32.5 Å². The molecule has 1 aliphatic rings. The Morgan fingerprint density at radius 3 is 2.50 bits per heavy atom. The zero-order chi connectivity index (χ0) is 14.5. The number of anilines is 1. The lowest BCUT2D eigenvalue weighted by atomic mass is 10.1. The van der Waals surface area contributed by atoms with Gasteiger partial charge in [0.15, 0.2) is 0 Å². The Bertz CT molecular complexity index is 494. The van der Waals surface area contributed by atoms with E-state index in [4.69, 9.17) is 0 Å². The lowest BCUT2D eigenvalue weighted by Crippen LogP contribution is -2.32. The Balaban J connectivity index is 2.07. The van der Waals surface area contributed by atoms with E-state index in [1.807, 2.05) is 29.2 Å². The van der Waals surface area contributed by atoms with E-state index in [9.17, 15) is 9.59 Å². The van der Waals surface area contributed by atoms with E-state index in [1.54, 1.807) is 19.0 Å². The summed E-state index contributed by atoms with van der Waals surface area (Å²) in [6.07, 6.45) is 2.42. The van der Waals surface area contributed by atoms with Gasteiger partial charge in [-0.1, -0.05) is 18.2 Å². The highest BCUT2D eigenvalue weighted by Crippen LogP contribution is 2.18. The molecule has 1 aromatic carbocycles. The maximum Gasteiger partial charge on any atom is 0.321 e. The van der Waals surface area contributed by atoms with Gasteiger partial charge in [-0.3, -0.25) is 4.79 Å². The Morgan fingerprint density at radius 2 is 1.85 bits per heavy atom. The molecule has 2 rings (SSSR count). The van der Waals surface area contributed by atoms with Gasteiger partial charge in [0, 0.05) is 32.9 Å². The third-order valence-electron chi connectivity index (χ3n) is 3.49. The highest BCUT2D eigenvalue weighted by molar-refractivity contribution is 5.91. The first-order chi connectivity index (χ1) is 9.58. The van der Waals surface area contributed by atoms with Crippen LogP contribution in [0.3, 0.4) is 0 Å². The predicted molar refractivity (Wildman–Crippen MR) is 78.7 cm³/mol. The average molecular weight is 275 g/mol. The first-order valence-electron chi connectivity index (χ1n) is 6.92. The van der Waals surface area contributed by atoms with Gasteiger partial charge in [-0.05, 0) is 24.5 Å². The van der Waals surface area contributed by atoms with Crippen LogP contribution in [0.4, 0.5) is 10.5 Å². The zero-order valence-electron chi connectivity index (χ0n) is 12.1. The Hall–Kier alpha value is -2.04. The third-order valence-corrected chi connectivity index (χ3v) is 3.49. The average Bonchev–Trinajstić information content (AvgIpc) is 2.94. The van der Waals surface area contributed by atoms with Gasteiger partial charge in [0.1, 0.15) is 0 Å². The summed E-state index contributed by atoms with van der Waals surface area (Å²) in [5, 5.41) is 2.91. The number of nitrogens with one attached hydrogen (secondary N) is 1. The van der Waals surface area contributed by atoms with Crippen LogP contribution in [0.1, 0.15) is 18.4 Å². The Labute approximate surface area is 119 Å². The first-order valence-corrected chi connectivity index (χ1v) is 6.92. The molecule has 0 aromatic heterocycles. The molecule has 0 unspecified atom stereocenters. The SMILES string of the molecule is CN(C)C(=O)Cc1ccccc1NC(=O)N1CCCC1. The second kappa shape index (κ2) is 6.41. The Kier molecular flexibility index (Phi) is 4.61. The van der Waals surface area contributed by atoms with Crippen LogP contribution in [0.15, 0.2) is 24.3 Å². The first kappa shape index (κ1) is 14.4. The predicted octanol–water partition coefficient (Wildman–Crippen LogP) is 1.94. The zero-order valence-corrected chi connectivity index (χ0v) is 12.1. The van der Waals surface area contributed by atoms with Crippen LogP contribution in [0, 0.1) is 0 Å². The number of amides is 3. The summed E-state index contributed by atoms with van der Waals surface area (Å²) in [5.74, 6) is 0.0212. The summed E-state index contributed by atoms with van der Waals surface area (Å²) in [7, 11) is 3.46. The van der Waals surface area contributed by atoms with Crippen molar-refractivity contribution in [1.29, 1.82) is 0 Å². The summed E-state index contributed by atoms with van der Waals surface area (Å²) < 4.78 is 0. The number of hydrogen-bond donors (Lipinski definition) is 1. The molecule has 108 valence electrons. The molecule has 1 fully saturated rings. The maximum atomic E-state index is 12.1. The van der Waals surface area contributed by atoms with Gasteiger partial charge in [-0.2, -0.15) is 0 Å². The van der Waals surface area contributed by atoms with Gasteiger partial charge >= 0.3 is 6.03 Å². The molecule has 0 atom stereocenters. The number of nitrogens with zero attached hydrogens (tertiary/aromatic N) is 2. The molecule has 5 nitrogen and oxygen atoms in total. The molecule has 1 aliphatic heterocycles. The molecule has 1 heterocycles. The molecule has 3 amide bonds. The smallest absolute Gasteiger partial charge is 0.321 e. The lowest BCUT2D eigenvalue weighted by molar-refractivity contribution is -0.127. The number of para-hydroxylation sites is 1. The number of benzene rings is 1. The van der Waals surface area contributed by atoms with E-state index in [1.165, 1.54) is 0 Å². The number of likely N-dealkylation sites (N-methyl/N-ethyl adjacent to an activating group) is 1. The van der Waals surface area contributed by atoms with Crippen LogP contribution in [0.25, 0.3) is 0 Å². The molecule has 1 N–H and O–H groups in total. The van der Waals surface area contributed by atoms with Gasteiger partial charge in [-0.25, -0.2) is 4.79 Å². The molecular formula is C15H21N3O2. The molecule has 5 heteroatoms. The monoisotopic (exact) mass is 275 g/mol. The number of hydrogen-bond acceptors (Lipinski definition) is 2. The van der Waals surface area contributed by atoms with E-state index in [2.05, 4.69) is 5.32 Å². The van der Waals surface area contributed by atoms with Crippen molar-refractivity contribution in [2.24, 2.45) is 0 Å². The maximum absolute atomic E-state index is 12.1. The number of carbonyl (C=O) groups excluding carboxylic acids is 2. The van der Waals surface area contributed by atoms with Crippen LogP contribution in [-0.4, -0.2) is 48.9 Å². The highest BCUT2D eigenvalue weighted by Gasteiger charge is 2.19. The minimum absolute atomic E-state index is 0.0212. The summed E-state index contributed by atoms with van der Waals surface area (Å²) in [4.78, 5) is 27.3. The van der Waals surface area contributed by atoms with E-state index in [0.29, 0.717) is 6.42 Å². The van der Waals surface area contributed by atoms with Crippen LogP contribution in [-0.2, 0) is 11.2 Å². The summed E-state index contributed by atoms with van der Waals surface area (Å²) in [6, 6.07) is 7.38. The lowest BCUT2D eigenvalue weighted by Gasteiger charge is -2.18. The molecule has 1 saturated heterocycles. The van der Waals surface area contributed by atoms with Crippen molar-refractivity contribution < 1.29 is 9.59 Å². The summed E-state index contributed by atoms with van der Waals surface area (Å²) in [6.45, 7) is 1.62. The van der Waals surface area contributed by atoms with Crippen molar-refractivity contribution in [1.82, 2.24) is 9.80 Å². The number of rotatable bonds is 3. The minimum atomic E-state index is -0.0766. The molecule has 1 aromatic rings. The van der Waals surface area contributed by atoms with Crippen molar-refractivity contribution in [3.05, 3.63) is 29.8 Å². The van der Waals surface area contributed by atoms with Gasteiger partial charge in [0.05, 0.1) is 6.42 Å². The molecule has 0 radical (unpaired) electrons. The van der Waals surface area contributed by atoms with Gasteiger partial charge in [0.2, 0.25) is 5.91 Å². The second-order valence-corrected chi connectivity index (χ2v) is 5.25. The summed E-state index contributed by atoms with van der Waals surface area (Å²) >= 11 is 0. The highest BCUT2D eigenvalue weighted by atomic mass is 16.2. The van der Waals surface area contributed by atoms with Crippen molar-refractivity contribution in [3.63, 3.8) is 0 Å². The van der Waals surface area contributed by atoms with Crippen LogP contribution >= 0.6 is 0 Å². The van der Waals surface area contributed by atoms with Crippen molar-refractivity contribution in [3.8, 4) is 0 Å². The fourth-order valence-corrected chi connectivity index (χ4v) is 2.23. The molecule has 0 saturated carbocycles. The normalized spacial score (nSPS) is 14.2. The molecule has 0 aliphatic carbocycles. The van der Waals surface area contributed by atoms with Gasteiger partial charge in [0.25, 0.3) is 0 Å². The van der Waals surface area contributed by atoms with Crippen LogP contribution in [0.5, 0.6) is 0 Å². The fourth-order valence-electron chi connectivity index (χ4n) is 2.23. The van der Waals surface area contributed by atoms with Crippen LogP contribution in [0.2, 0.25) is 0 Å². The van der Waals surface area contributed by atoms with Crippen molar-refractivity contribution in [2.45, 2.75) is 19.3 Å². The fraction of sp³-hybridized carbons (Fsp3) is 0.467. The number of carbonyl (C=O) groups is 2. The molecule has 20 heavy (non-hydrogen) atoms. The Morgan fingerprint density at radius 1 is 1.20 bits per heavy atom. The largest absolute Gasteiger partial charge is 0.349 e. The minimum Gasteiger partial charge on any atom is -0.349 e. The standard InChI is InChI=1S/C15H21N3O2/c1-17(2)14(19)11-12-7-3-4-8-13(12)16-15(20)18-9-5-6-10-18/h3-4,7-8H,5-6,9-11H2,1-2H3,(H,16,20). The molecule has 0 spiro atoms. The quantitative estimate of drug-likeness (QED) is 0.916.